The molecule has 2 aromatic carbocycles. The summed E-state index contributed by atoms with van der Waals surface area (Å²) >= 11 is 7.29. The predicted octanol–water partition coefficient (Wildman–Crippen LogP) is 4.23. The molecular formula is C22H21ClFN5O2S. The zero-order chi connectivity index (χ0) is 23.1. The molecule has 2 amide bonds. The van der Waals surface area contributed by atoms with Gasteiger partial charge in [-0.1, -0.05) is 47.6 Å². The summed E-state index contributed by atoms with van der Waals surface area (Å²) in [5, 5.41) is 14.7. The lowest BCUT2D eigenvalue weighted by Crippen LogP contribution is -2.25. The van der Waals surface area contributed by atoms with E-state index < -0.39 is 11.7 Å². The molecule has 0 atom stereocenters. The molecule has 0 saturated heterocycles. The minimum Gasteiger partial charge on any atom is -0.345 e. The number of benzene rings is 2. The molecule has 3 rings (SSSR count). The van der Waals surface area contributed by atoms with Crippen LogP contribution in [-0.2, 0) is 17.9 Å². The van der Waals surface area contributed by atoms with Gasteiger partial charge < -0.3 is 15.2 Å². The lowest BCUT2D eigenvalue weighted by atomic mass is 10.2. The van der Waals surface area contributed by atoms with Gasteiger partial charge in [-0.2, -0.15) is 0 Å². The smallest absolute Gasteiger partial charge is 0.254 e. The number of carbonyl (C=O) groups is 2. The van der Waals surface area contributed by atoms with E-state index in [1.54, 1.807) is 28.8 Å². The normalized spacial score (nSPS) is 10.6. The number of aryl methyl sites for hydroxylation is 1. The van der Waals surface area contributed by atoms with Gasteiger partial charge in [-0.3, -0.25) is 9.59 Å². The molecule has 32 heavy (non-hydrogen) atoms. The van der Waals surface area contributed by atoms with Crippen LogP contribution in [0.4, 0.5) is 10.1 Å². The Morgan fingerprint density at radius 2 is 2.03 bits per heavy atom. The maximum absolute atomic E-state index is 13.8. The van der Waals surface area contributed by atoms with Crippen LogP contribution in [0.25, 0.3) is 0 Å². The highest BCUT2D eigenvalue weighted by molar-refractivity contribution is 7.99. The largest absolute Gasteiger partial charge is 0.345 e. The van der Waals surface area contributed by atoms with E-state index in [1.165, 1.54) is 30.0 Å². The van der Waals surface area contributed by atoms with E-state index in [0.717, 1.165) is 5.56 Å². The van der Waals surface area contributed by atoms with E-state index in [4.69, 9.17) is 11.6 Å². The molecule has 0 bridgehead atoms. The number of anilines is 1. The topological polar surface area (TPSA) is 88.9 Å². The zero-order valence-electron chi connectivity index (χ0n) is 17.3. The van der Waals surface area contributed by atoms with Gasteiger partial charge in [-0.15, -0.1) is 16.8 Å². The molecule has 0 aliphatic carbocycles. The van der Waals surface area contributed by atoms with Crippen molar-refractivity contribution in [1.82, 2.24) is 20.1 Å². The number of hydrogen-bond acceptors (Lipinski definition) is 5. The first-order valence-electron chi connectivity index (χ1n) is 9.63. The number of nitrogens with zero attached hydrogens (tertiary/aromatic N) is 3. The number of nitrogens with one attached hydrogen (secondary N) is 2. The molecule has 0 saturated carbocycles. The second kappa shape index (κ2) is 10.9. The molecule has 1 heterocycles. The second-order valence-electron chi connectivity index (χ2n) is 6.76. The second-order valence-corrected chi connectivity index (χ2v) is 8.11. The Hall–Kier alpha value is -3.17. The Morgan fingerprint density at radius 1 is 1.25 bits per heavy atom. The minimum atomic E-state index is -0.602. The first kappa shape index (κ1) is 23.5. The van der Waals surface area contributed by atoms with Crippen molar-refractivity contribution < 1.29 is 14.0 Å². The van der Waals surface area contributed by atoms with E-state index in [1.807, 2.05) is 13.0 Å². The Labute approximate surface area is 194 Å². The third-order valence-electron chi connectivity index (χ3n) is 4.42. The van der Waals surface area contributed by atoms with Crippen LogP contribution in [0.3, 0.4) is 0 Å². The van der Waals surface area contributed by atoms with E-state index in [9.17, 15) is 14.0 Å². The van der Waals surface area contributed by atoms with Crippen molar-refractivity contribution in [3.05, 3.63) is 82.9 Å². The van der Waals surface area contributed by atoms with Gasteiger partial charge in [-0.25, -0.2) is 4.39 Å². The highest BCUT2D eigenvalue weighted by Gasteiger charge is 2.16. The highest BCUT2D eigenvalue weighted by atomic mass is 35.5. The summed E-state index contributed by atoms with van der Waals surface area (Å²) in [5.74, 6) is -0.820. The summed E-state index contributed by atoms with van der Waals surface area (Å²) in [6.07, 6.45) is 1.66. The molecule has 0 aliphatic rings. The third kappa shape index (κ3) is 5.95. The van der Waals surface area contributed by atoms with Crippen molar-refractivity contribution in [2.45, 2.75) is 25.2 Å². The lowest BCUT2D eigenvalue weighted by molar-refractivity contribution is -0.113. The standard InChI is InChI=1S/C22H21ClFN5O2S/c1-3-10-29-19(12-25-21(31)16-6-4-5-7-18(16)24)27-28-22(29)32-13-20(30)26-15-9-8-14(2)17(23)11-15/h3-9,11H,1,10,12-13H2,2H3,(H,25,31)(H,26,30). The molecule has 166 valence electrons. The van der Waals surface area contributed by atoms with Crippen molar-refractivity contribution in [2.75, 3.05) is 11.1 Å². The van der Waals surface area contributed by atoms with Gasteiger partial charge in [-0.05, 0) is 36.8 Å². The number of halogens is 2. The summed E-state index contributed by atoms with van der Waals surface area (Å²) in [7, 11) is 0. The fourth-order valence-corrected chi connectivity index (χ4v) is 3.71. The quantitative estimate of drug-likeness (QED) is 0.358. The number of hydrogen-bond donors (Lipinski definition) is 2. The molecule has 3 aromatic rings. The van der Waals surface area contributed by atoms with Gasteiger partial charge >= 0.3 is 0 Å². The Kier molecular flexibility index (Phi) is 8.02. The molecule has 0 aliphatic heterocycles. The van der Waals surface area contributed by atoms with E-state index >= 15 is 0 Å². The number of amides is 2. The van der Waals surface area contributed by atoms with Crippen LogP contribution in [0.1, 0.15) is 21.7 Å². The van der Waals surface area contributed by atoms with Crippen molar-refractivity contribution in [3.63, 3.8) is 0 Å². The lowest BCUT2D eigenvalue weighted by Gasteiger charge is -2.10. The first-order chi connectivity index (χ1) is 15.4. The maximum atomic E-state index is 13.8. The van der Waals surface area contributed by atoms with E-state index in [2.05, 4.69) is 27.4 Å². The van der Waals surface area contributed by atoms with Crippen molar-refractivity contribution in [1.29, 1.82) is 0 Å². The molecule has 1 aromatic heterocycles. The van der Waals surface area contributed by atoms with Gasteiger partial charge in [0.05, 0.1) is 17.9 Å². The Balaban J connectivity index is 1.61. The zero-order valence-corrected chi connectivity index (χ0v) is 18.8. The maximum Gasteiger partial charge on any atom is 0.254 e. The van der Waals surface area contributed by atoms with Gasteiger partial charge in [0.2, 0.25) is 5.91 Å². The van der Waals surface area contributed by atoms with E-state index in [-0.39, 0.29) is 23.8 Å². The molecule has 0 unspecified atom stereocenters. The summed E-state index contributed by atoms with van der Waals surface area (Å²) in [6, 6.07) is 11.0. The Bertz CT molecular complexity index is 1150. The van der Waals surface area contributed by atoms with Crippen molar-refractivity contribution in [3.8, 4) is 0 Å². The fraction of sp³-hybridized carbons (Fsp3) is 0.182. The van der Waals surface area contributed by atoms with E-state index in [0.29, 0.717) is 28.2 Å². The van der Waals surface area contributed by atoms with Crippen LogP contribution >= 0.6 is 23.4 Å². The molecule has 0 fully saturated rings. The van der Waals surface area contributed by atoms with Crippen LogP contribution in [-0.4, -0.2) is 32.3 Å². The molecule has 7 nitrogen and oxygen atoms in total. The average molecular weight is 474 g/mol. The summed E-state index contributed by atoms with van der Waals surface area (Å²) < 4.78 is 15.5. The summed E-state index contributed by atoms with van der Waals surface area (Å²) in [6.45, 7) is 6.03. The van der Waals surface area contributed by atoms with Gasteiger partial charge in [0.15, 0.2) is 11.0 Å². The molecule has 0 radical (unpaired) electrons. The number of rotatable bonds is 9. The number of allylic oxidation sites excluding steroid dienone is 1. The number of thioether (sulfide) groups is 1. The monoisotopic (exact) mass is 473 g/mol. The Morgan fingerprint density at radius 3 is 2.75 bits per heavy atom. The van der Waals surface area contributed by atoms with Crippen molar-refractivity contribution in [2.24, 2.45) is 0 Å². The predicted molar refractivity (Wildman–Crippen MR) is 123 cm³/mol. The number of carbonyl (C=O) groups excluding carboxylic acids is 2. The van der Waals surface area contributed by atoms with Crippen LogP contribution in [0, 0.1) is 12.7 Å². The molecule has 0 spiro atoms. The minimum absolute atomic E-state index is 0.0443. The van der Waals surface area contributed by atoms with Crippen LogP contribution in [0.5, 0.6) is 0 Å². The summed E-state index contributed by atoms with van der Waals surface area (Å²) in [4.78, 5) is 24.6. The molecular weight excluding hydrogens is 453 g/mol. The SMILES string of the molecule is C=CCn1c(CNC(=O)c2ccccc2F)nnc1SCC(=O)Nc1ccc(C)c(Cl)c1. The van der Waals surface area contributed by atoms with Gasteiger partial charge in [0.1, 0.15) is 5.82 Å². The average Bonchev–Trinajstić information content (AvgIpc) is 3.15. The highest BCUT2D eigenvalue weighted by Crippen LogP contribution is 2.21. The van der Waals surface area contributed by atoms with Gasteiger partial charge in [0.25, 0.3) is 5.91 Å². The molecule has 2 N–H and O–H groups in total. The first-order valence-corrected chi connectivity index (χ1v) is 11.0. The van der Waals surface area contributed by atoms with Crippen molar-refractivity contribution >= 4 is 40.9 Å². The van der Waals surface area contributed by atoms with Crippen LogP contribution in [0.2, 0.25) is 5.02 Å². The van der Waals surface area contributed by atoms with Gasteiger partial charge in [0, 0.05) is 17.3 Å². The van der Waals surface area contributed by atoms with Crippen LogP contribution < -0.4 is 10.6 Å². The van der Waals surface area contributed by atoms with Crippen LogP contribution in [0.15, 0.2) is 60.3 Å². The number of aromatic nitrogens is 3. The molecule has 10 heteroatoms. The third-order valence-corrected chi connectivity index (χ3v) is 5.79. The summed E-state index contributed by atoms with van der Waals surface area (Å²) in [5.41, 5.74) is 1.48. The fourth-order valence-electron chi connectivity index (χ4n) is 2.77.